The molecule has 0 aromatic heterocycles. The molecule has 3 nitrogen and oxygen atoms in total. The molecule has 1 aromatic carbocycles. The van der Waals surface area contributed by atoms with Gasteiger partial charge in [0.2, 0.25) is 5.91 Å². The summed E-state index contributed by atoms with van der Waals surface area (Å²) in [5, 5.41) is 0. The summed E-state index contributed by atoms with van der Waals surface area (Å²) >= 11 is 0. The standard InChI is InChI=1S/C12H15NO2/c1-12(2,3)10(14)8-4-6-9(7-5-8)11(13)15/h4-7H,1-3H3,(H2,13,15). The summed E-state index contributed by atoms with van der Waals surface area (Å²) in [6.45, 7) is 5.58. The fourth-order valence-electron chi connectivity index (χ4n) is 1.22. The molecule has 3 heteroatoms. The summed E-state index contributed by atoms with van der Waals surface area (Å²) in [6.07, 6.45) is 0. The highest BCUT2D eigenvalue weighted by Gasteiger charge is 2.22. The zero-order valence-electron chi connectivity index (χ0n) is 9.20. The highest BCUT2D eigenvalue weighted by Crippen LogP contribution is 2.20. The number of ketones is 1. The van der Waals surface area contributed by atoms with Gasteiger partial charge in [-0.2, -0.15) is 0 Å². The van der Waals surface area contributed by atoms with Gasteiger partial charge in [0.25, 0.3) is 0 Å². The van der Waals surface area contributed by atoms with Crippen LogP contribution in [0.15, 0.2) is 24.3 Å². The first-order chi connectivity index (χ1) is 6.82. The molecule has 0 spiro atoms. The number of hydrogen-bond acceptors (Lipinski definition) is 2. The average molecular weight is 205 g/mol. The van der Waals surface area contributed by atoms with Gasteiger partial charge in [-0.3, -0.25) is 9.59 Å². The number of amides is 1. The molecule has 1 rings (SSSR count). The zero-order valence-corrected chi connectivity index (χ0v) is 9.20. The largest absolute Gasteiger partial charge is 0.366 e. The Morgan fingerprint density at radius 1 is 1.00 bits per heavy atom. The van der Waals surface area contributed by atoms with Crippen LogP contribution in [0.4, 0.5) is 0 Å². The van der Waals surface area contributed by atoms with Crippen LogP contribution in [-0.2, 0) is 0 Å². The van der Waals surface area contributed by atoms with E-state index in [-0.39, 0.29) is 5.78 Å². The van der Waals surface area contributed by atoms with E-state index in [0.29, 0.717) is 11.1 Å². The maximum absolute atomic E-state index is 11.8. The summed E-state index contributed by atoms with van der Waals surface area (Å²) < 4.78 is 0. The minimum absolute atomic E-state index is 0.0542. The minimum Gasteiger partial charge on any atom is -0.366 e. The first-order valence-electron chi connectivity index (χ1n) is 4.77. The van der Waals surface area contributed by atoms with Crippen LogP contribution in [0, 0.1) is 5.41 Å². The van der Waals surface area contributed by atoms with Crippen LogP contribution in [-0.4, -0.2) is 11.7 Å². The number of nitrogens with two attached hydrogens (primary N) is 1. The molecular weight excluding hydrogens is 190 g/mol. The van der Waals surface area contributed by atoms with Crippen molar-refractivity contribution in [3.63, 3.8) is 0 Å². The van der Waals surface area contributed by atoms with Crippen LogP contribution >= 0.6 is 0 Å². The Kier molecular flexibility index (Phi) is 2.93. The third kappa shape index (κ3) is 2.65. The third-order valence-electron chi connectivity index (χ3n) is 2.11. The number of carbonyl (C=O) groups is 2. The lowest BCUT2D eigenvalue weighted by Gasteiger charge is -2.16. The fraction of sp³-hybridized carbons (Fsp3) is 0.333. The highest BCUT2D eigenvalue weighted by molar-refractivity contribution is 6.01. The number of hydrogen-bond donors (Lipinski definition) is 1. The van der Waals surface area contributed by atoms with Gasteiger partial charge < -0.3 is 5.73 Å². The predicted octanol–water partition coefficient (Wildman–Crippen LogP) is 2.01. The summed E-state index contributed by atoms with van der Waals surface area (Å²) in [5.74, 6) is -0.428. The Morgan fingerprint density at radius 2 is 1.40 bits per heavy atom. The number of primary amides is 1. The van der Waals surface area contributed by atoms with Gasteiger partial charge in [0.05, 0.1) is 0 Å². The lowest BCUT2D eigenvalue weighted by molar-refractivity contribution is 0.0857. The summed E-state index contributed by atoms with van der Waals surface area (Å²) in [4.78, 5) is 22.6. The molecule has 0 aliphatic heterocycles. The summed E-state index contributed by atoms with van der Waals surface area (Å²) in [7, 11) is 0. The van der Waals surface area contributed by atoms with Crippen LogP contribution in [0.2, 0.25) is 0 Å². The molecule has 0 saturated heterocycles. The van der Waals surface area contributed by atoms with Crippen molar-refractivity contribution in [1.29, 1.82) is 0 Å². The van der Waals surface area contributed by atoms with Gasteiger partial charge >= 0.3 is 0 Å². The average Bonchev–Trinajstić information content (AvgIpc) is 2.15. The molecule has 0 heterocycles. The van der Waals surface area contributed by atoms with Gasteiger partial charge in [-0.15, -0.1) is 0 Å². The lowest BCUT2D eigenvalue weighted by Crippen LogP contribution is -2.20. The Balaban J connectivity index is 3.00. The van der Waals surface area contributed by atoms with Crippen molar-refractivity contribution in [1.82, 2.24) is 0 Å². The molecule has 0 fully saturated rings. The highest BCUT2D eigenvalue weighted by atomic mass is 16.1. The van der Waals surface area contributed by atoms with E-state index in [9.17, 15) is 9.59 Å². The number of rotatable bonds is 2. The normalized spacial score (nSPS) is 11.1. The first kappa shape index (κ1) is 11.4. The van der Waals surface area contributed by atoms with Gasteiger partial charge in [0, 0.05) is 16.5 Å². The molecule has 2 N–H and O–H groups in total. The van der Waals surface area contributed by atoms with E-state index in [1.807, 2.05) is 20.8 Å². The summed E-state index contributed by atoms with van der Waals surface area (Å²) in [5.41, 5.74) is 5.71. The van der Waals surface area contributed by atoms with Crippen molar-refractivity contribution in [2.75, 3.05) is 0 Å². The number of Topliss-reactive ketones (excluding diaryl/α,β-unsaturated/α-hetero) is 1. The van der Waals surface area contributed by atoms with Gasteiger partial charge in [-0.25, -0.2) is 0 Å². The van der Waals surface area contributed by atoms with E-state index in [2.05, 4.69) is 0 Å². The molecule has 1 aromatic rings. The third-order valence-corrected chi connectivity index (χ3v) is 2.11. The molecule has 0 bridgehead atoms. The first-order valence-corrected chi connectivity index (χ1v) is 4.77. The predicted molar refractivity (Wildman–Crippen MR) is 58.7 cm³/mol. The van der Waals surface area contributed by atoms with Gasteiger partial charge in [0.1, 0.15) is 0 Å². The van der Waals surface area contributed by atoms with Gasteiger partial charge in [-0.1, -0.05) is 32.9 Å². The van der Waals surface area contributed by atoms with Crippen molar-refractivity contribution in [2.24, 2.45) is 11.1 Å². The molecule has 1 amide bonds. The number of benzene rings is 1. The molecule has 0 saturated carbocycles. The van der Waals surface area contributed by atoms with Gasteiger partial charge in [-0.05, 0) is 12.1 Å². The Morgan fingerprint density at radius 3 is 1.73 bits per heavy atom. The van der Waals surface area contributed by atoms with E-state index in [0.717, 1.165) is 0 Å². The molecule has 80 valence electrons. The topological polar surface area (TPSA) is 60.2 Å². The maximum Gasteiger partial charge on any atom is 0.248 e. The Bertz CT molecular complexity index is 385. The Hall–Kier alpha value is -1.64. The smallest absolute Gasteiger partial charge is 0.248 e. The maximum atomic E-state index is 11.8. The molecular formula is C12H15NO2. The summed E-state index contributed by atoms with van der Waals surface area (Å²) in [6, 6.07) is 6.41. The van der Waals surface area contributed by atoms with Crippen LogP contribution in [0.5, 0.6) is 0 Å². The van der Waals surface area contributed by atoms with E-state index < -0.39 is 11.3 Å². The monoisotopic (exact) mass is 205 g/mol. The van der Waals surface area contributed by atoms with Crippen LogP contribution < -0.4 is 5.73 Å². The SMILES string of the molecule is CC(C)(C)C(=O)c1ccc(C(N)=O)cc1. The van der Waals surface area contributed by atoms with E-state index in [4.69, 9.17) is 5.73 Å². The van der Waals surface area contributed by atoms with Crippen molar-refractivity contribution < 1.29 is 9.59 Å². The quantitative estimate of drug-likeness (QED) is 0.751. The molecule has 0 atom stereocenters. The molecule has 0 aliphatic carbocycles. The van der Waals surface area contributed by atoms with Crippen LogP contribution in [0.3, 0.4) is 0 Å². The molecule has 0 aliphatic rings. The molecule has 0 radical (unpaired) electrons. The second-order valence-electron chi connectivity index (χ2n) is 4.52. The van der Waals surface area contributed by atoms with Crippen LogP contribution in [0.1, 0.15) is 41.5 Å². The molecule has 15 heavy (non-hydrogen) atoms. The van der Waals surface area contributed by atoms with Crippen molar-refractivity contribution in [3.8, 4) is 0 Å². The van der Waals surface area contributed by atoms with Crippen LogP contribution in [0.25, 0.3) is 0 Å². The van der Waals surface area contributed by atoms with E-state index in [1.165, 1.54) is 0 Å². The van der Waals surface area contributed by atoms with Crippen molar-refractivity contribution in [2.45, 2.75) is 20.8 Å². The molecule has 0 unspecified atom stereocenters. The Labute approximate surface area is 89.3 Å². The second-order valence-corrected chi connectivity index (χ2v) is 4.52. The number of carbonyl (C=O) groups excluding carboxylic acids is 2. The minimum atomic E-state index is -0.482. The van der Waals surface area contributed by atoms with E-state index in [1.54, 1.807) is 24.3 Å². The zero-order chi connectivity index (χ0) is 11.6. The van der Waals surface area contributed by atoms with Crippen molar-refractivity contribution >= 4 is 11.7 Å². The van der Waals surface area contributed by atoms with E-state index >= 15 is 0 Å². The fourth-order valence-corrected chi connectivity index (χ4v) is 1.22. The lowest BCUT2D eigenvalue weighted by atomic mass is 9.86. The second kappa shape index (κ2) is 3.85. The van der Waals surface area contributed by atoms with Gasteiger partial charge in [0.15, 0.2) is 5.78 Å². The van der Waals surface area contributed by atoms with Crippen molar-refractivity contribution in [3.05, 3.63) is 35.4 Å².